The van der Waals surface area contributed by atoms with Gasteiger partial charge in [0, 0.05) is 4.47 Å². The summed E-state index contributed by atoms with van der Waals surface area (Å²) in [4.78, 5) is 7.80. The zero-order valence-corrected chi connectivity index (χ0v) is 11.8. The number of nitrogens with zero attached hydrogens (tertiary/aromatic N) is 2. The van der Waals surface area contributed by atoms with Gasteiger partial charge in [-0.1, -0.05) is 27.5 Å². The number of benzene rings is 1. The molecule has 1 heterocycles. The Morgan fingerprint density at radius 3 is 2.44 bits per heavy atom. The Bertz CT molecular complexity index is 505. The second-order valence-electron chi connectivity index (χ2n) is 2.84. The van der Waals surface area contributed by atoms with Gasteiger partial charge in [-0.25, -0.2) is 9.97 Å². The molecule has 1 aromatic heterocycles. The van der Waals surface area contributed by atoms with E-state index in [0.717, 1.165) is 4.47 Å². The first kappa shape index (κ1) is 11.8. The van der Waals surface area contributed by atoms with E-state index in [1.165, 1.54) is 6.33 Å². The molecule has 0 spiro atoms. The lowest BCUT2D eigenvalue weighted by atomic mass is 10.3. The smallest absolute Gasteiger partial charge is 0.238 e. The quantitative estimate of drug-likeness (QED) is 0.739. The third-order valence-corrected chi connectivity index (χ3v) is 3.50. The van der Waals surface area contributed by atoms with Crippen molar-refractivity contribution in [2.45, 2.75) is 0 Å². The molecule has 2 aromatic rings. The first-order chi connectivity index (χ1) is 7.66. The molecule has 0 radical (unpaired) electrons. The molecule has 0 aliphatic carbocycles. The van der Waals surface area contributed by atoms with Crippen LogP contribution in [0.1, 0.15) is 0 Å². The van der Waals surface area contributed by atoms with E-state index >= 15 is 0 Å². The van der Waals surface area contributed by atoms with Crippen molar-refractivity contribution >= 4 is 43.5 Å². The predicted molar refractivity (Wildman–Crippen MR) is 69.0 cm³/mol. The molecular weight excluding hydrogens is 359 g/mol. The highest BCUT2D eigenvalue weighted by Crippen LogP contribution is 2.31. The van der Waals surface area contributed by atoms with Gasteiger partial charge in [0.2, 0.25) is 5.88 Å². The average molecular weight is 364 g/mol. The van der Waals surface area contributed by atoms with E-state index in [2.05, 4.69) is 41.8 Å². The minimum absolute atomic E-state index is 0.321. The molecule has 0 fully saturated rings. The fourth-order valence-electron chi connectivity index (χ4n) is 1.02. The Hall–Kier alpha value is -0.650. The van der Waals surface area contributed by atoms with Crippen molar-refractivity contribution in [2.24, 2.45) is 0 Å². The number of hydrogen-bond donors (Lipinski definition) is 0. The molecular formula is C10H5Br2ClN2O. The molecule has 0 saturated heterocycles. The van der Waals surface area contributed by atoms with Crippen molar-refractivity contribution in [3.63, 3.8) is 0 Å². The van der Waals surface area contributed by atoms with Gasteiger partial charge in [0.05, 0.1) is 0 Å². The summed E-state index contributed by atoms with van der Waals surface area (Å²) in [5, 5.41) is 0.321. The van der Waals surface area contributed by atoms with Gasteiger partial charge in [-0.2, -0.15) is 0 Å². The summed E-state index contributed by atoms with van der Waals surface area (Å²) in [6.07, 6.45) is 1.35. The molecule has 0 amide bonds. The molecule has 0 aliphatic rings. The molecule has 2 rings (SSSR count). The van der Waals surface area contributed by atoms with Crippen LogP contribution in [0.4, 0.5) is 0 Å². The molecule has 16 heavy (non-hydrogen) atoms. The van der Waals surface area contributed by atoms with Gasteiger partial charge < -0.3 is 4.74 Å². The van der Waals surface area contributed by atoms with Crippen molar-refractivity contribution in [1.82, 2.24) is 9.97 Å². The van der Waals surface area contributed by atoms with Gasteiger partial charge in [0.15, 0.2) is 5.15 Å². The first-order valence-electron chi connectivity index (χ1n) is 4.26. The number of aromatic nitrogens is 2. The summed E-state index contributed by atoms with van der Waals surface area (Å²) in [5.41, 5.74) is 0. The minimum Gasteiger partial charge on any atom is -0.438 e. The van der Waals surface area contributed by atoms with Crippen molar-refractivity contribution in [3.8, 4) is 11.6 Å². The molecule has 0 saturated carbocycles. The minimum atomic E-state index is 0.321. The third kappa shape index (κ3) is 2.72. The molecule has 3 nitrogen and oxygen atoms in total. The van der Waals surface area contributed by atoms with E-state index in [-0.39, 0.29) is 0 Å². The van der Waals surface area contributed by atoms with Crippen molar-refractivity contribution in [1.29, 1.82) is 0 Å². The number of ether oxygens (including phenoxy) is 1. The normalized spacial score (nSPS) is 10.2. The fourth-order valence-corrected chi connectivity index (χ4v) is 1.69. The van der Waals surface area contributed by atoms with Gasteiger partial charge in [0.25, 0.3) is 0 Å². The summed E-state index contributed by atoms with van der Waals surface area (Å²) in [7, 11) is 0. The van der Waals surface area contributed by atoms with Gasteiger partial charge in [-0.05, 0) is 40.2 Å². The van der Waals surface area contributed by atoms with Crippen LogP contribution in [0, 0.1) is 0 Å². The Kier molecular flexibility index (Phi) is 3.78. The van der Waals surface area contributed by atoms with Crippen LogP contribution in [0.15, 0.2) is 39.5 Å². The Balaban J connectivity index is 2.27. The van der Waals surface area contributed by atoms with Gasteiger partial charge >= 0.3 is 0 Å². The maximum absolute atomic E-state index is 5.82. The van der Waals surface area contributed by atoms with E-state index in [4.69, 9.17) is 16.3 Å². The van der Waals surface area contributed by atoms with Gasteiger partial charge in [-0.15, -0.1) is 0 Å². The largest absolute Gasteiger partial charge is 0.438 e. The number of halogens is 3. The molecule has 0 unspecified atom stereocenters. The van der Waals surface area contributed by atoms with Crippen molar-refractivity contribution in [3.05, 3.63) is 44.7 Å². The molecule has 0 atom stereocenters. The van der Waals surface area contributed by atoms with E-state index < -0.39 is 0 Å². The molecule has 1 aromatic carbocycles. The summed E-state index contributed by atoms with van der Waals surface area (Å²) in [6, 6.07) is 7.41. The number of hydrogen-bond acceptors (Lipinski definition) is 3. The Morgan fingerprint density at radius 1 is 1.06 bits per heavy atom. The van der Waals surface area contributed by atoms with Gasteiger partial charge in [0.1, 0.15) is 16.5 Å². The summed E-state index contributed by atoms with van der Waals surface area (Å²) in [5.74, 6) is 1.07. The second kappa shape index (κ2) is 5.12. The van der Waals surface area contributed by atoms with Crippen LogP contribution in [0.2, 0.25) is 5.15 Å². The van der Waals surface area contributed by atoms with E-state index in [1.807, 2.05) is 24.3 Å². The summed E-state index contributed by atoms with van der Waals surface area (Å²) >= 11 is 12.4. The Morgan fingerprint density at radius 2 is 1.75 bits per heavy atom. The molecule has 0 bridgehead atoms. The van der Waals surface area contributed by atoms with E-state index in [9.17, 15) is 0 Å². The van der Waals surface area contributed by atoms with Crippen LogP contribution in [-0.2, 0) is 0 Å². The molecule has 0 aliphatic heterocycles. The molecule has 82 valence electrons. The first-order valence-corrected chi connectivity index (χ1v) is 6.22. The average Bonchev–Trinajstić information content (AvgIpc) is 2.28. The van der Waals surface area contributed by atoms with Gasteiger partial charge in [-0.3, -0.25) is 0 Å². The maximum atomic E-state index is 5.82. The van der Waals surface area contributed by atoms with E-state index in [1.54, 1.807) is 0 Å². The zero-order valence-electron chi connectivity index (χ0n) is 7.82. The number of rotatable bonds is 2. The van der Waals surface area contributed by atoms with Crippen molar-refractivity contribution in [2.75, 3.05) is 0 Å². The highest BCUT2D eigenvalue weighted by Gasteiger charge is 2.08. The fraction of sp³-hybridized carbons (Fsp3) is 0. The van der Waals surface area contributed by atoms with Crippen LogP contribution >= 0.6 is 43.5 Å². The van der Waals surface area contributed by atoms with E-state index in [0.29, 0.717) is 21.3 Å². The lowest BCUT2D eigenvalue weighted by molar-refractivity contribution is 0.458. The standard InChI is InChI=1S/C10H5Br2ClN2O/c11-6-1-3-7(4-2-6)16-10-8(12)9(13)14-5-15-10/h1-5H. The van der Waals surface area contributed by atoms with Crippen LogP contribution in [0.25, 0.3) is 0 Å². The zero-order chi connectivity index (χ0) is 11.5. The second-order valence-corrected chi connectivity index (χ2v) is 4.91. The lowest BCUT2D eigenvalue weighted by Crippen LogP contribution is -1.91. The highest BCUT2D eigenvalue weighted by atomic mass is 79.9. The van der Waals surface area contributed by atoms with Crippen LogP contribution in [-0.4, -0.2) is 9.97 Å². The predicted octanol–water partition coefficient (Wildman–Crippen LogP) is 4.45. The lowest BCUT2D eigenvalue weighted by Gasteiger charge is -2.06. The Labute approximate surface area is 114 Å². The van der Waals surface area contributed by atoms with Crippen LogP contribution in [0.3, 0.4) is 0 Å². The summed E-state index contributed by atoms with van der Waals surface area (Å²) in [6.45, 7) is 0. The van der Waals surface area contributed by atoms with Crippen LogP contribution < -0.4 is 4.74 Å². The highest BCUT2D eigenvalue weighted by molar-refractivity contribution is 9.10. The maximum Gasteiger partial charge on any atom is 0.238 e. The topological polar surface area (TPSA) is 35.0 Å². The SMILES string of the molecule is Clc1ncnc(Oc2ccc(Br)cc2)c1Br. The van der Waals surface area contributed by atoms with Crippen LogP contribution in [0.5, 0.6) is 11.6 Å². The monoisotopic (exact) mass is 362 g/mol. The molecule has 6 heteroatoms. The summed E-state index contributed by atoms with van der Waals surface area (Å²) < 4.78 is 7.07. The third-order valence-electron chi connectivity index (χ3n) is 1.74. The van der Waals surface area contributed by atoms with Crippen molar-refractivity contribution < 1.29 is 4.74 Å². The molecule has 0 N–H and O–H groups in total.